The summed E-state index contributed by atoms with van der Waals surface area (Å²) >= 11 is 1.51. The molecule has 1 aromatic carbocycles. The van der Waals surface area contributed by atoms with Gasteiger partial charge in [0.1, 0.15) is 10.8 Å². The summed E-state index contributed by atoms with van der Waals surface area (Å²) in [6, 6.07) is 6.91. The third-order valence-electron chi connectivity index (χ3n) is 2.80. The van der Waals surface area contributed by atoms with Crippen LogP contribution in [0.3, 0.4) is 0 Å². The van der Waals surface area contributed by atoms with Gasteiger partial charge in [-0.2, -0.15) is 0 Å². The second-order valence-electron chi connectivity index (χ2n) is 5.61. The molecule has 2 aromatic rings. The van der Waals surface area contributed by atoms with Crippen LogP contribution in [0.4, 0.5) is 0 Å². The van der Waals surface area contributed by atoms with E-state index in [1.165, 1.54) is 11.3 Å². The predicted octanol–water partition coefficient (Wildman–Crippen LogP) is 3.18. The van der Waals surface area contributed by atoms with Gasteiger partial charge in [0.15, 0.2) is 0 Å². The number of hydrogen-bond acceptors (Lipinski definition) is 4. The Kier molecular flexibility index (Phi) is 4.09. The zero-order chi connectivity index (χ0) is 14.8. The first kappa shape index (κ1) is 14.5. The molecule has 0 aliphatic heterocycles. The lowest BCUT2D eigenvalue weighted by atomic mass is 9.96. The molecule has 0 fully saturated rings. The van der Waals surface area contributed by atoms with Gasteiger partial charge in [0.05, 0.1) is 12.2 Å². The van der Waals surface area contributed by atoms with E-state index in [2.05, 4.69) is 10.3 Å². The Morgan fingerprint density at radius 1 is 1.30 bits per heavy atom. The molecule has 2 N–H and O–H groups in total. The van der Waals surface area contributed by atoms with Crippen LogP contribution in [0.2, 0.25) is 0 Å². The molecule has 1 aromatic heterocycles. The second kappa shape index (κ2) is 5.63. The average molecular weight is 290 g/mol. The number of nitrogens with zero attached hydrogens (tertiary/aromatic N) is 1. The van der Waals surface area contributed by atoms with Crippen molar-refractivity contribution in [2.24, 2.45) is 5.41 Å². The Morgan fingerprint density at radius 3 is 2.55 bits per heavy atom. The van der Waals surface area contributed by atoms with E-state index in [9.17, 15) is 9.90 Å². The van der Waals surface area contributed by atoms with Crippen LogP contribution in [0.15, 0.2) is 29.6 Å². The van der Waals surface area contributed by atoms with Crippen molar-refractivity contribution in [1.29, 1.82) is 0 Å². The number of hydrogen-bond donors (Lipinski definition) is 2. The van der Waals surface area contributed by atoms with Gasteiger partial charge in [-0.1, -0.05) is 20.8 Å². The Morgan fingerprint density at radius 2 is 1.95 bits per heavy atom. The first-order chi connectivity index (χ1) is 9.36. The lowest BCUT2D eigenvalue weighted by molar-refractivity contribution is -0.128. The number of carbonyl (C=O) groups excluding carboxylic acids is 1. The van der Waals surface area contributed by atoms with Gasteiger partial charge in [0.2, 0.25) is 5.91 Å². The summed E-state index contributed by atoms with van der Waals surface area (Å²) in [5.74, 6) is 0.250. The highest BCUT2D eigenvalue weighted by atomic mass is 32.1. The van der Waals surface area contributed by atoms with Crippen LogP contribution >= 0.6 is 11.3 Å². The van der Waals surface area contributed by atoms with Crippen LogP contribution in [-0.4, -0.2) is 16.0 Å². The molecule has 0 unspecified atom stereocenters. The first-order valence-corrected chi connectivity index (χ1v) is 7.26. The molecule has 1 heterocycles. The van der Waals surface area contributed by atoms with Crippen molar-refractivity contribution in [3.63, 3.8) is 0 Å². The number of aromatic hydroxyl groups is 1. The van der Waals surface area contributed by atoms with E-state index in [0.717, 1.165) is 16.3 Å². The number of thiazole rings is 1. The van der Waals surface area contributed by atoms with Gasteiger partial charge in [-0.3, -0.25) is 4.79 Å². The summed E-state index contributed by atoms with van der Waals surface area (Å²) in [6.45, 7) is 6.09. The van der Waals surface area contributed by atoms with Crippen molar-refractivity contribution in [1.82, 2.24) is 10.3 Å². The summed E-state index contributed by atoms with van der Waals surface area (Å²) in [7, 11) is 0. The molecule has 20 heavy (non-hydrogen) atoms. The highest BCUT2D eigenvalue weighted by Gasteiger charge is 2.20. The molecular weight excluding hydrogens is 272 g/mol. The SMILES string of the molecule is CC(C)(C)C(=O)NCc1nc(-c2ccc(O)cc2)cs1. The Labute approximate surface area is 122 Å². The zero-order valence-electron chi connectivity index (χ0n) is 11.8. The number of phenols is 1. The van der Waals surface area contributed by atoms with Crippen molar-refractivity contribution < 1.29 is 9.90 Å². The van der Waals surface area contributed by atoms with E-state index in [1.807, 2.05) is 38.3 Å². The lowest BCUT2D eigenvalue weighted by Gasteiger charge is -2.16. The van der Waals surface area contributed by atoms with Gasteiger partial charge in [-0.05, 0) is 24.3 Å². The van der Waals surface area contributed by atoms with Crippen molar-refractivity contribution in [3.05, 3.63) is 34.7 Å². The number of benzene rings is 1. The van der Waals surface area contributed by atoms with E-state index >= 15 is 0 Å². The number of aromatic nitrogens is 1. The Hall–Kier alpha value is -1.88. The Bertz CT molecular complexity index is 597. The number of amides is 1. The molecule has 5 heteroatoms. The third kappa shape index (κ3) is 3.57. The highest BCUT2D eigenvalue weighted by Crippen LogP contribution is 2.24. The largest absolute Gasteiger partial charge is 0.508 e. The quantitative estimate of drug-likeness (QED) is 0.912. The van der Waals surface area contributed by atoms with Crippen LogP contribution in [0.25, 0.3) is 11.3 Å². The summed E-state index contributed by atoms with van der Waals surface area (Å²) in [4.78, 5) is 16.3. The van der Waals surface area contributed by atoms with E-state index in [4.69, 9.17) is 0 Å². The summed E-state index contributed by atoms with van der Waals surface area (Å²) < 4.78 is 0. The molecule has 0 spiro atoms. The van der Waals surface area contributed by atoms with Crippen LogP contribution in [-0.2, 0) is 11.3 Å². The van der Waals surface area contributed by atoms with Gasteiger partial charge in [0, 0.05) is 16.4 Å². The number of carbonyl (C=O) groups is 1. The summed E-state index contributed by atoms with van der Waals surface area (Å²) in [5, 5.41) is 15.0. The van der Waals surface area contributed by atoms with Gasteiger partial charge in [-0.25, -0.2) is 4.98 Å². The molecule has 2 rings (SSSR count). The number of phenolic OH excluding ortho intramolecular Hbond substituents is 1. The lowest BCUT2D eigenvalue weighted by Crippen LogP contribution is -2.34. The third-order valence-corrected chi connectivity index (χ3v) is 3.64. The van der Waals surface area contributed by atoms with Crippen molar-refractivity contribution >= 4 is 17.2 Å². The topological polar surface area (TPSA) is 62.2 Å². The molecule has 106 valence electrons. The van der Waals surface area contributed by atoms with Gasteiger partial charge in [0.25, 0.3) is 0 Å². The molecule has 1 amide bonds. The average Bonchev–Trinajstić information content (AvgIpc) is 2.84. The molecule has 0 aliphatic carbocycles. The second-order valence-corrected chi connectivity index (χ2v) is 6.55. The van der Waals surface area contributed by atoms with Crippen molar-refractivity contribution in [2.45, 2.75) is 27.3 Å². The molecule has 0 radical (unpaired) electrons. The van der Waals surface area contributed by atoms with Gasteiger partial charge < -0.3 is 10.4 Å². The minimum absolute atomic E-state index is 0.0129. The van der Waals surface area contributed by atoms with Crippen LogP contribution in [0.1, 0.15) is 25.8 Å². The first-order valence-electron chi connectivity index (χ1n) is 6.38. The standard InChI is InChI=1S/C15H18N2O2S/c1-15(2,3)14(19)16-8-13-17-12(9-20-13)10-4-6-11(18)7-5-10/h4-7,9,18H,8H2,1-3H3,(H,16,19). The fourth-order valence-corrected chi connectivity index (χ4v) is 2.32. The van der Waals surface area contributed by atoms with E-state index < -0.39 is 5.41 Å². The Balaban J connectivity index is 2.03. The monoisotopic (exact) mass is 290 g/mol. The molecule has 0 atom stereocenters. The molecule has 4 nitrogen and oxygen atoms in total. The number of rotatable bonds is 3. The molecular formula is C15H18N2O2S. The fraction of sp³-hybridized carbons (Fsp3) is 0.333. The van der Waals surface area contributed by atoms with Crippen LogP contribution in [0.5, 0.6) is 5.75 Å². The predicted molar refractivity (Wildman–Crippen MR) is 80.5 cm³/mol. The molecule has 0 bridgehead atoms. The number of nitrogens with one attached hydrogen (secondary N) is 1. The molecule has 0 saturated heterocycles. The van der Waals surface area contributed by atoms with Crippen LogP contribution < -0.4 is 5.32 Å². The summed E-state index contributed by atoms with van der Waals surface area (Å²) in [5.41, 5.74) is 1.42. The minimum atomic E-state index is -0.392. The van der Waals surface area contributed by atoms with Gasteiger partial charge >= 0.3 is 0 Å². The van der Waals surface area contributed by atoms with Crippen LogP contribution in [0, 0.1) is 5.41 Å². The maximum atomic E-state index is 11.8. The van der Waals surface area contributed by atoms with Crippen molar-refractivity contribution in [3.8, 4) is 17.0 Å². The maximum absolute atomic E-state index is 11.8. The smallest absolute Gasteiger partial charge is 0.225 e. The fourth-order valence-electron chi connectivity index (χ4n) is 1.58. The molecule has 0 saturated carbocycles. The van der Waals surface area contributed by atoms with E-state index in [1.54, 1.807) is 12.1 Å². The zero-order valence-corrected chi connectivity index (χ0v) is 12.6. The summed E-state index contributed by atoms with van der Waals surface area (Å²) in [6.07, 6.45) is 0. The normalized spacial score (nSPS) is 11.3. The van der Waals surface area contributed by atoms with Gasteiger partial charge in [-0.15, -0.1) is 11.3 Å². The minimum Gasteiger partial charge on any atom is -0.508 e. The highest BCUT2D eigenvalue weighted by molar-refractivity contribution is 7.09. The maximum Gasteiger partial charge on any atom is 0.225 e. The van der Waals surface area contributed by atoms with E-state index in [-0.39, 0.29) is 11.7 Å². The van der Waals surface area contributed by atoms with E-state index in [0.29, 0.717) is 6.54 Å². The molecule has 0 aliphatic rings. The van der Waals surface area contributed by atoms with Crippen molar-refractivity contribution in [2.75, 3.05) is 0 Å².